The van der Waals surface area contributed by atoms with Crippen molar-refractivity contribution in [2.75, 3.05) is 16.0 Å². The maximum atomic E-state index is 12.8. The Morgan fingerprint density at radius 2 is 1.82 bits per heavy atom. The first-order valence-corrected chi connectivity index (χ1v) is 12.6. The van der Waals surface area contributed by atoms with Crippen molar-refractivity contribution in [2.24, 2.45) is 0 Å². The monoisotopic (exact) mass is 458 g/mol. The Morgan fingerprint density at radius 1 is 1.03 bits per heavy atom. The normalized spacial score (nSPS) is 15.6. The first-order valence-electron chi connectivity index (χ1n) is 11.6. The van der Waals surface area contributed by atoms with Gasteiger partial charge in [0.1, 0.15) is 5.37 Å². The van der Waals surface area contributed by atoms with Crippen LogP contribution in [0.25, 0.3) is 0 Å². The molecule has 4 rings (SSSR count). The van der Waals surface area contributed by atoms with Gasteiger partial charge in [-0.3, -0.25) is 14.5 Å². The van der Waals surface area contributed by atoms with E-state index in [9.17, 15) is 9.59 Å². The van der Waals surface area contributed by atoms with Crippen molar-refractivity contribution in [3.05, 3.63) is 95.1 Å². The molecule has 0 spiro atoms. The van der Waals surface area contributed by atoms with Crippen molar-refractivity contribution in [3.63, 3.8) is 0 Å². The number of carbonyl (C=O) groups is 2. The van der Waals surface area contributed by atoms with Crippen LogP contribution in [0.1, 0.15) is 58.6 Å². The fourth-order valence-corrected chi connectivity index (χ4v) is 5.30. The van der Waals surface area contributed by atoms with Gasteiger partial charge >= 0.3 is 0 Å². The van der Waals surface area contributed by atoms with E-state index in [-0.39, 0.29) is 17.2 Å². The highest BCUT2D eigenvalue weighted by atomic mass is 32.2. The first kappa shape index (κ1) is 23.1. The number of amides is 2. The number of anilines is 2. The molecule has 33 heavy (non-hydrogen) atoms. The van der Waals surface area contributed by atoms with Crippen LogP contribution in [0, 0.1) is 6.92 Å². The molecule has 1 aliphatic heterocycles. The van der Waals surface area contributed by atoms with Crippen LogP contribution in [0.2, 0.25) is 0 Å². The molecule has 0 unspecified atom stereocenters. The highest BCUT2D eigenvalue weighted by molar-refractivity contribution is 8.00. The molecule has 1 atom stereocenters. The number of carbonyl (C=O) groups excluding carboxylic acids is 2. The average Bonchev–Trinajstić information content (AvgIpc) is 3.21. The predicted octanol–water partition coefficient (Wildman–Crippen LogP) is 6.76. The van der Waals surface area contributed by atoms with Crippen LogP contribution in [0.5, 0.6) is 0 Å². The molecule has 2 amide bonds. The summed E-state index contributed by atoms with van der Waals surface area (Å²) in [5.41, 5.74) is 5.65. The summed E-state index contributed by atoms with van der Waals surface area (Å²) in [4.78, 5) is 27.4. The van der Waals surface area contributed by atoms with Crippen molar-refractivity contribution < 1.29 is 9.59 Å². The second kappa shape index (κ2) is 10.7. The second-order valence-corrected chi connectivity index (χ2v) is 9.52. The summed E-state index contributed by atoms with van der Waals surface area (Å²) in [5.74, 6) is 0.422. The lowest BCUT2D eigenvalue weighted by atomic mass is 10.0. The van der Waals surface area contributed by atoms with E-state index in [1.807, 2.05) is 84.6 Å². The van der Waals surface area contributed by atoms with Crippen LogP contribution in [0.4, 0.5) is 11.4 Å². The zero-order chi connectivity index (χ0) is 23.2. The summed E-state index contributed by atoms with van der Waals surface area (Å²) in [6.45, 7) is 4.22. The Hall–Kier alpha value is -3.05. The van der Waals surface area contributed by atoms with Gasteiger partial charge in [0.05, 0.1) is 5.75 Å². The third kappa shape index (κ3) is 5.48. The van der Waals surface area contributed by atoms with Crippen LogP contribution < -0.4 is 10.2 Å². The topological polar surface area (TPSA) is 49.4 Å². The molecule has 3 aromatic carbocycles. The van der Waals surface area contributed by atoms with Gasteiger partial charge in [-0.1, -0.05) is 62.2 Å². The lowest BCUT2D eigenvalue weighted by Gasteiger charge is -2.26. The van der Waals surface area contributed by atoms with E-state index < -0.39 is 0 Å². The van der Waals surface area contributed by atoms with Crippen molar-refractivity contribution >= 4 is 35.0 Å². The van der Waals surface area contributed by atoms with E-state index in [4.69, 9.17) is 0 Å². The Balaban J connectivity index is 1.48. The molecule has 1 N–H and O–H groups in total. The molecule has 0 bridgehead atoms. The maximum Gasteiger partial charge on any atom is 0.255 e. The molecule has 1 fully saturated rings. The molecule has 0 aromatic heterocycles. The van der Waals surface area contributed by atoms with Crippen molar-refractivity contribution in [1.29, 1.82) is 0 Å². The van der Waals surface area contributed by atoms with E-state index in [1.165, 1.54) is 24.8 Å². The Bertz CT molecular complexity index is 1130. The number of benzene rings is 3. The van der Waals surface area contributed by atoms with Crippen LogP contribution in [-0.4, -0.2) is 17.6 Å². The number of nitrogens with one attached hydrogen (secondary N) is 1. The third-order valence-corrected chi connectivity index (χ3v) is 7.17. The minimum absolute atomic E-state index is 0.104. The van der Waals surface area contributed by atoms with Crippen LogP contribution in [0.3, 0.4) is 0 Å². The fraction of sp³-hybridized carbons (Fsp3) is 0.286. The smallest absolute Gasteiger partial charge is 0.255 e. The molecule has 5 heteroatoms. The average molecular weight is 459 g/mol. The van der Waals surface area contributed by atoms with E-state index >= 15 is 0 Å². The van der Waals surface area contributed by atoms with Gasteiger partial charge in [0.25, 0.3) is 5.91 Å². The fourth-order valence-electron chi connectivity index (χ4n) is 4.14. The molecule has 0 radical (unpaired) electrons. The zero-order valence-electron chi connectivity index (χ0n) is 19.2. The molecule has 3 aromatic rings. The van der Waals surface area contributed by atoms with Gasteiger partial charge in [0, 0.05) is 16.9 Å². The summed E-state index contributed by atoms with van der Waals surface area (Å²) >= 11 is 1.61. The number of para-hydroxylation sites is 1. The minimum atomic E-state index is -0.127. The molecule has 1 aliphatic rings. The van der Waals surface area contributed by atoms with Crippen LogP contribution >= 0.6 is 11.8 Å². The number of rotatable bonds is 8. The molecule has 0 aliphatic carbocycles. The minimum Gasteiger partial charge on any atom is -0.322 e. The summed E-state index contributed by atoms with van der Waals surface area (Å²) in [6, 6.07) is 23.6. The van der Waals surface area contributed by atoms with Gasteiger partial charge in [-0.25, -0.2) is 0 Å². The van der Waals surface area contributed by atoms with Gasteiger partial charge in [-0.2, -0.15) is 0 Å². The standard InChI is InChI=1S/C28H30N2O2S/c1-3-4-5-10-21-14-16-22(17-15-21)27(32)29-24-12-8-11-23(18-24)28-30(26(31)19-33-28)25-13-7-6-9-20(25)2/h6-9,11-18,28H,3-5,10,19H2,1-2H3,(H,29,32)/t28-/m0/s1. The number of aryl methyl sites for hydroxylation is 2. The van der Waals surface area contributed by atoms with Gasteiger partial charge < -0.3 is 5.32 Å². The van der Waals surface area contributed by atoms with E-state index in [0.717, 1.165) is 28.9 Å². The number of nitrogens with zero attached hydrogens (tertiary/aromatic N) is 1. The molecular weight excluding hydrogens is 428 g/mol. The molecule has 0 saturated carbocycles. The second-order valence-electron chi connectivity index (χ2n) is 8.45. The zero-order valence-corrected chi connectivity index (χ0v) is 20.0. The van der Waals surface area contributed by atoms with E-state index in [1.54, 1.807) is 11.8 Å². The maximum absolute atomic E-state index is 12.8. The summed E-state index contributed by atoms with van der Waals surface area (Å²) < 4.78 is 0. The summed E-state index contributed by atoms with van der Waals surface area (Å²) in [7, 11) is 0. The van der Waals surface area contributed by atoms with E-state index in [2.05, 4.69) is 12.2 Å². The Morgan fingerprint density at radius 3 is 2.58 bits per heavy atom. The number of thioether (sulfide) groups is 1. The van der Waals surface area contributed by atoms with Crippen LogP contribution in [0.15, 0.2) is 72.8 Å². The predicted molar refractivity (Wildman–Crippen MR) is 138 cm³/mol. The largest absolute Gasteiger partial charge is 0.322 e. The van der Waals surface area contributed by atoms with Crippen molar-refractivity contribution in [1.82, 2.24) is 0 Å². The highest BCUT2D eigenvalue weighted by Gasteiger charge is 2.34. The van der Waals surface area contributed by atoms with E-state index in [0.29, 0.717) is 11.3 Å². The number of hydrogen-bond donors (Lipinski definition) is 1. The quantitative estimate of drug-likeness (QED) is 0.380. The first-order chi connectivity index (χ1) is 16.1. The Labute approximate surface area is 200 Å². The van der Waals surface area contributed by atoms with Gasteiger partial charge in [-0.15, -0.1) is 11.8 Å². The Kier molecular flexibility index (Phi) is 7.50. The number of hydrogen-bond acceptors (Lipinski definition) is 3. The third-order valence-electron chi connectivity index (χ3n) is 5.96. The summed E-state index contributed by atoms with van der Waals surface area (Å²) in [5, 5.41) is 2.91. The molecule has 1 heterocycles. The SMILES string of the molecule is CCCCCc1ccc(C(=O)Nc2cccc([C@@H]3SCC(=O)N3c3ccccc3C)c2)cc1. The van der Waals surface area contributed by atoms with Crippen molar-refractivity contribution in [3.8, 4) is 0 Å². The van der Waals surface area contributed by atoms with Gasteiger partial charge in [0.15, 0.2) is 0 Å². The number of unbranched alkanes of at least 4 members (excludes halogenated alkanes) is 2. The van der Waals surface area contributed by atoms with Crippen LogP contribution in [-0.2, 0) is 11.2 Å². The van der Waals surface area contributed by atoms with Gasteiger partial charge in [-0.05, 0) is 66.8 Å². The van der Waals surface area contributed by atoms with Gasteiger partial charge in [0.2, 0.25) is 5.91 Å². The summed E-state index contributed by atoms with van der Waals surface area (Å²) in [6.07, 6.45) is 4.66. The lowest BCUT2D eigenvalue weighted by molar-refractivity contribution is -0.115. The molecule has 1 saturated heterocycles. The highest BCUT2D eigenvalue weighted by Crippen LogP contribution is 2.43. The van der Waals surface area contributed by atoms with Crippen molar-refractivity contribution in [2.45, 2.75) is 44.9 Å². The molecule has 170 valence electrons. The lowest BCUT2D eigenvalue weighted by Crippen LogP contribution is -2.28. The molecule has 4 nitrogen and oxygen atoms in total. The molecular formula is C28H30N2O2S.